The number of aromatic nitrogens is 3. The van der Waals surface area contributed by atoms with E-state index in [1.807, 2.05) is 12.3 Å². The van der Waals surface area contributed by atoms with E-state index < -0.39 is 0 Å². The number of nitrogen functional groups attached to an aromatic ring is 1. The van der Waals surface area contributed by atoms with Crippen molar-refractivity contribution in [3.05, 3.63) is 29.8 Å². The van der Waals surface area contributed by atoms with Gasteiger partial charge in [0.15, 0.2) is 5.11 Å². The zero-order chi connectivity index (χ0) is 19.8. The Labute approximate surface area is 176 Å². The van der Waals surface area contributed by atoms with E-state index >= 15 is 0 Å². The Balaban J connectivity index is 1.38. The molecular formula is C19H28N6OS2. The summed E-state index contributed by atoms with van der Waals surface area (Å²) in [5.74, 6) is 1.21. The molecule has 0 atom stereocenters. The molecule has 0 bridgehead atoms. The van der Waals surface area contributed by atoms with E-state index in [1.165, 1.54) is 54.4 Å². The van der Waals surface area contributed by atoms with Gasteiger partial charge in [-0.05, 0) is 68.5 Å². The van der Waals surface area contributed by atoms with Gasteiger partial charge in [-0.2, -0.15) is 9.67 Å². The Bertz CT molecular complexity index is 776. The molecule has 1 saturated heterocycles. The number of likely N-dealkylation sites (tertiary alicyclic amines) is 1. The molecule has 0 amide bonds. The van der Waals surface area contributed by atoms with Crippen molar-refractivity contribution < 1.29 is 4.74 Å². The number of nitrogens with one attached hydrogen (secondary N) is 1. The zero-order valence-electron chi connectivity index (χ0n) is 16.3. The number of rotatable bonds is 8. The minimum Gasteiger partial charge on any atom is -0.494 e. The van der Waals surface area contributed by atoms with Crippen LogP contribution in [0, 0.1) is 0 Å². The van der Waals surface area contributed by atoms with E-state index in [-0.39, 0.29) is 0 Å². The summed E-state index contributed by atoms with van der Waals surface area (Å²) in [5, 5.41) is 8.44. The summed E-state index contributed by atoms with van der Waals surface area (Å²) in [7, 11) is 0. The standard InChI is InChI=1S/C19H28N6OS2/c1-28-18-22-17(20)25(23-18)19(27)21-9-6-12-26-16-8-5-7-15(13-16)14-24-10-3-2-4-11-24/h5,7-8,13H,2-4,6,9-12,14H2,1H3,(H,21,27)(H2,20,22,23). The maximum atomic E-state index is 5.90. The molecule has 7 nitrogen and oxygen atoms in total. The lowest BCUT2D eigenvalue weighted by Crippen LogP contribution is -2.31. The minimum absolute atomic E-state index is 0.295. The number of thioether (sulfide) groups is 1. The fraction of sp³-hybridized carbons (Fsp3) is 0.526. The lowest BCUT2D eigenvalue weighted by molar-refractivity contribution is 0.220. The molecule has 1 aliphatic heterocycles. The van der Waals surface area contributed by atoms with Crippen LogP contribution in [0.3, 0.4) is 0 Å². The quantitative estimate of drug-likeness (QED) is 0.383. The van der Waals surface area contributed by atoms with Crippen LogP contribution in [0.1, 0.15) is 31.2 Å². The number of ether oxygens (including phenoxy) is 1. The molecule has 0 spiro atoms. The number of nitrogens with two attached hydrogens (primary N) is 1. The van der Waals surface area contributed by atoms with Crippen LogP contribution in [0.5, 0.6) is 5.75 Å². The second-order valence-electron chi connectivity index (χ2n) is 6.79. The van der Waals surface area contributed by atoms with Crippen LogP contribution < -0.4 is 15.8 Å². The van der Waals surface area contributed by atoms with E-state index in [4.69, 9.17) is 22.7 Å². The second kappa shape index (κ2) is 10.6. The number of thiocarbonyl (C=S) groups is 1. The molecule has 3 rings (SSSR count). The summed E-state index contributed by atoms with van der Waals surface area (Å²) in [6, 6.07) is 8.40. The predicted octanol–water partition coefficient (Wildman–Crippen LogP) is 2.76. The van der Waals surface area contributed by atoms with Crippen LogP contribution in [0.4, 0.5) is 5.95 Å². The van der Waals surface area contributed by atoms with Gasteiger partial charge in [0, 0.05) is 13.1 Å². The van der Waals surface area contributed by atoms with Gasteiger partial charge < -0.3 is 15.8 Å². The van der Waals surface area contributed by atoms with Crippen molar-refractivity contribution in [3.8, 4) is 5.75 Å². The summed E-state index contributed by atoms with van der Waals surface area (Å²) in [6.45, 7) is 4.70. The number of nitrogens with zero attached hydrogens (tertiary/aromatic N) is 4. The van der Waals surface area contributed by atoms with Crippen molar-refractivity contribution in [2.45, 2.75) is 37.4 Å². The third-order valence-electron chi connectivity index (χ3n) is 4.61. The molecule has 0 saturated carbocycles. The molecule has 0 radical (unpaired) electrons. The summed E-state index contributed by atoms with van der Waals surface area (Å²) < 4.78 is 7.35. The Morgan fingerprint density at radius 2 is 2.14 bits per heavy atom. The first-order valence-corrected chi connectivity index (χ1v) is 11.3. The molecule has 1 fully saturated rings. The van der Waals surface area contributed by atoms with Crippen LogP contribution in [-0.2, 0) is 6.54 Å². The Morgan fingerprint density at radius 1 is 1.32 bits per heavy atom. The Hall–Kier alpha value is -1.84. The predicted molar refractivity (Wildman–Crippen MR) is 118 cm³/mol. The molecule has 2 aromatic rings. The summed E-state index contributed by atoms with van der Waals surface area (Å²) in [6.07, 6.45) is 6.70. The summed E-state index contributed by atoms with van der Waals surface area (Å²) in [5.41, 5.74) is 7.14. The Morgan fingerprint density at radius 3 is 2.89 bits per heavy atom. The number of piperidine rings is 1. The van der Waals surface area contributed by atoms with E-state index in [9.17, 15) is 0 Å². The Kier molecular flexibility index (Phi) is 7.93. The molecule has 1 aromatic carbocycles. The molecule has 9 heteroatoms. The largest absolute Gasteiger partial charge is 0.494 e. The molecule has 152 valence electrons. The smallest absolute Gasteiger partial charge is 0.226 e. The first kappa shape index (κ1) is 20.9. The molecule has 1 aliphatic rings. The SMILES string of the molecule is CSc1nc(N)n(C(=S)NCCCOc2cccc(CN3CCCCC3)c2)n1. The van der Waals surface area contributed by atoms with Gasteiger partial charge in [0.1, 0.15) is 5.75 Å². The van der Waals surface area contributed by atoms with Gasteiger partial charge in [-0.25, -0.2) is 0 Å². The lowest BCUT2D eigenvalue weighted by atomic mass is 10.1. The van der Waals surface area contributed by atoms with Gasteiger partial charge in [0.25, 0.3) is 0 Å². The van der Waals surface area contributed by atoms with Crippen molar-refractivity contribution in [2.24, 2.45) is 0 Å². The fourth-order valence-corrected chi connectivity index (χ4v) is 3.77. The van der Waals surface area contributed by atoms with Crippen molar-refractivity contribution in [1.29, 1.82) is 0 Å². The van der Waals surface area contributed by atoms with Crippen LogP contribution in [-0.4, -0.2) is 57.3 Å². The molecule has 0 aliphatic carbocycles. The first-order valence-electron chi connectivity index (χ1n) is 9.64. The van der Waals surface area contributed by atoms with Crippen LogP contribution in [0.15, 0.2) is 29.4 Å². The minimum atomic E-state index is 0.295. The maximum Gasteiger partial charge on any atom is 0.226 e. The highest BCUT2D eigenvalue weighted by atomic mass is 32.2. The average molecular weight is 421 g/mol. The van der Waals surface area contributed by atoms with Crippen molar-refractivity contribution in [1.82, 2.24) is 25.0 Å². The van der Waals surface area contributed by atoms with Gasteiger partial charge in [-0.15, -0.1) is 5.10 Å². The number of hydrogen-bond donors (Lipinski definition) is 2. The van der Waals surface area contributed by atoms with Crippen LogP contribution in [0.2, 0.25) is 0 Å². The number of anilines is 1. The number of benzene rings is 1. The monoisotopic (exact) mass is 420 g/mol. The maximum absolute atomic E-state index is 5.90. The molecule has 1 aromatic heterocycles. The van der Waals surface area contributed by atoms with Crippen LogP contribution >= 0.6 is 24.0 Å². The van der Waals surface area contributed by atoms with E-state index in [2.05, 4.69) is 38.5 Å². The zero-order valence-corrected chi connectivity index (χ0v) is 17.9. The topological polar surface area (TPSA) is 81.2 Å². The fourth-order valence-electron chi connectivity index (χ4n) is 3.18. The molecular weight excluding hydrogens is 392 g/mol. The third-order valence-corrected chi connectivity index (χ3v) is 5.46. The summed E-state index contributed by atoms with van der Waals surface area (Å²) in [4.78, 5) is 6.64. The second-order valence-corrected chi connectivity index (χ2v) is 7.95. The van der Waals surface area contributed by atoms with Gasteiger partial charge in [0.05, 0.1) is 6.61 Å². The molecule has 28 heavy (non-hydrogen) atoms. The third kappa shape index (κ3) is 6.08. The number of hydrogen-bond acceptors (Lipinski definition) is 7. The van der Waals surface area contributed by atoms with E-state index in [1.54, 1.807) is 0 Å². The molecule has 3 N–H and O–H groups in total. The highest BCUT2D eigenvalue weighted by molar-refractivity contribution is 7.98. The lowest BCUT2D eigenvalue weighted by Gasteiger charge is -2.26. The van der Waals surface area contributed by atoms with Crippen molar-refractivity contribution in [3.63, 3.8) is 0 Å². The highest BCUT2D eigenvalue weighted by Crippen LogP contribution is 2.17. The summed E-state index contributed by atoms with van der Waals surface area (Å²) >= 11 is 6.75. The van der Waals surface area contributed by atoms with Gasteiger partial charge in [-0.3, -0.25) is 4.90 Å². The molecule has 0 unspecified atom stereocenters. The van der Waals surface area contributed by atoms with Crippen LogP contribution in [0.25, 0.3) is 0 Å². The van der Waals surface area contributed by atoms with Crippen molar-refractivity contribution >= 4 is 35.0 Å². The van der Waals surface area contributed by atoms with E-state index in [0.29, 0.717) is 29.4 Å². The van der Waals surface area contributed by atoms with E-state index in [0.717, 1.165) is 18.7 Å². The first-order chi connectivity index (χ1) is 13.7. The average Bonchev–Trinajstić information content (AvgIpc) is 3.10. The van der Waals surface area contributed by atoms with Gasteiger partial charge in [0.2, 0.25) is 11.1 Å². The van der Waals surface area contributed by atoms with Gasteiger partial charge in [-0.1, -0.05) is 30.3 Å². The van der Waals surface area contributed by atoms with Gasteiger partial charge >= 0.3 is 0 Å². The normalized spacial score (nSPS) is 14.8. The van der Waals surface area contributed by atoms with Crippen molar-refractivity contribution in [2.75, 3.05) is 38.2 Å². The highest BCUT2D eigenvalue weighted by Gasteiger charge is 2.11. The molecule has 2 heterocycles.